The number of carbonyl (C=O) groups excluding carboxylic acids is 2. The van der Waals surface area contributed by atoms with Crippen molar-refractivity contribution in [3.05, 3.63) is 47.5 Å². The third-order valence-electron chi connectivity index (χ3n) is 5.67. The highest BCUT2D eigenvalue weighted by Gasteiger charge is 2.38. The molecule has 2 aromatic carbocycles. The summed E-state index contributed by atoms with van der Waals surface area (Å²) in [5.41, 5.74) is 2.04. The zero-order valence-corrected chi connectivity index (χ0v) is 17.5. The Balaban J connectivity index is 1.69. The van der Waals surface area contributed by atoms with Gasteiger partial charge in [0.15, 0.2) is 0 Å². The van der Waals surface area contributed by atoms with Crippen LogP contribution in [0.15, 0.2) is 41.3 Å². The van der Waals surface area contributed by atoms with Gasteiger partial charge in [0.1, 0.15) is 0 Å². The molecule has 0 unspecified atom stereocenters. The molecule has 0 saturated heterocycles. The Morgan fingerprint density at radius 3 is 2.28 bits per heavy atom. The first-order chi connectivity index (χ1) is 13.4. The van der Waals surface area contributed by atoms with Crippen LogP contribution in [0.25, 0.3) is 0 Å². The van der Waals surface area contributed by atoms with E-state index in [1.54, 1.807) is 44.2 Å². The topological polar surface area (TPSA) is 104 Å². The molecular formula is C21H23N3O4S. The lowest BCUT2D eigenvalue weighted by atomic mass is 9.78. The van der Waals surface area contributed by atoms with Gasteiger partial charge in [0.2, 0.25) is 11.8 Å². The number of rotatable bonds is 3. The van der Waals surface area contributed by atoms with Gasteiger partial charge in [-0.25, -0.2) is 8.42 Å². The summed E-state index contributed by atoms with van der Waals surface area (Å²) in [6.07, 6.45) is 0.290. The standard InChI is InChI=1S/C21H23N3O4S/c1-20(2)11-18(25)22-16-8-6-13(10-14(16)20)29(27,28)24-12-5-7-17-15(9-12)21(3,4)19(26)23-17/h5-10,24H,11H2,1-4H3,(H,22,25)(H,23,26). The molecule has 152 valence electrons. The van der Waals surface area contributed by atoms with Crippen LogP contribution < -0.4 is 15.4 Å². The second kappa shape index (κ2) is 6.06. The minimum Gasteiger partial charge on any atom is -0.326 e. The molecule has 0 saturated carbocycles. The smallest absolute Gasteiger partial charge is 0.261 e. The molecule has 4 rings (SSSR count). The Morgan fingerprint density at radius 2 is 1.55 bits per heavy atom. The van der Waals surface area contributed by atoms with Gasteiger partial charge >= 0.3 is 0 Å². The summed E-state index contributed by atoms with van der Waals surface area (Å²) in [5.74, 6) is -0.202. The Bertz CT molecular complexity index is 1170. The fraction of sp³-hybridized carbons (Fsp3) is 0.333. The van der Waals surface area contributed by atoms with Crippen LogP contribution in [0.4, 0.5) is 17.1 Å². The van der Waals surface area contributed by atoms with E-state index in [1.807, 2.05) is 13.8 Å². The molecule has 2 amide bonds. The molecule has 2 aliphatic heterocycles. The number of fused-ring (bicyclic) bond motifs is 2. The maximum absolute atomic E-state index is 13.0. The van der Waals surface area contributed by atoms with Crippen LogP contribution in [0.3, 0.4) is 0 Å². The van der Waals surface area contributed by atoms with Gasteiger partial charge in [0.25, 0.3) is 10.0 Å². The van der Waals surface area contributed by atoms with Crippen LogP contribution in [0.5, 0.6) is 0 Å². The molecule has 2 heterocycles. The van der Waals surface area contributed by atoms with Crippen LogP contribution in [0.1, 0.15) is 45.2 Å². The van der Waals surface area contributed by atoms with Crippen molar-refractivity contribution in [1.82, 2.24) is 0 Å². The minimum atomic E-state index is -3.85. The molecule has 3 N–H and O–H groups in total. The second-order valence-corrected chi connectivity index (χ2v) is 10.4. The molecule has 29 heavy (non-hydrogen) atoms. The van der Waals surface area contributed by atoms with E-state index in [0.717, 1.165) is 11.1 Å². The number of hydrogen-bond acceptors (Lipinski definition) is 4. The second-order valence-electron chi connectivity index (χ2n) is 8.76. The number of carbonyl (C=O) groups is 2. The first-order valence-corrected chi connectivity index (χ1v) is 10.8. The Hall–Kier alpha value is -2.87. The van der Waals surface area contributed by atoms with E-state index in [1.165, 1.54) is 6.07 Å². The number of hydrogen-bond donors (Lipinski definition) is 3. The van der Waals surface area contributed by atoms with E-state index in [4.69, 9.17) is 0 Å². The number of sulfonamides is 1. The van der Waals surface area contributed by atoms with Crippen LogP contribution in [-0.4, -0.2) is 20.2 Å². The lowest BCUT2D eigenvalue weighted by Gasteiger charge is -2.32. The molecule has 8 heteroatoms. The van der Waals surface area contributed by atoms with Gasteiger partial charge in [-0.3, -0.25) is 14.3 Å². The average Bonchev–Trinajstić information content (AvgIpc) is 2.83. The summed E-state index contributed by atoms with van der Waals surface area (Å²) in [4.78, 5) is 24.1. The minimum absolute atomic E-state index is 0.0832. The monoisotopic (exact) mass is 413 g/mol. The van der Waals surface area contributed by atoms with Gasteiger partial charge in [-0.1, -0.05) is 13.8 Å². The molecule has 7 nitrogen and oxygen atoms in total. The van der Waals surface area contributed by atoms with Crippen molar-refractivity contribution in [3.8, 4) is 0 Å². The van der Waals surface area contributed by atoms with Gasteiger partial charge in [0, 0.05) is 28.9 Å². The first kappa shape index (κ1) is 19.4. The predicted molar refractivity (Wildman–Crippen MR) is 112 cm³/mol. The highest BCUT2D eigenvalue weighted by atomic mass is 32.2. The van der Waals surface area contributed by atoms with Crippen LogP contribution >= 0.6 is 0 Å². The lowest BCUT2D eigenvalue weighted by molar-refractivity contribution is -0.120. The van der Waals surface area contributed by atoms with Gasteiger partial charge in [-0.2, -0.15) is 0 Å². The van der Waals surface area contributed by atoms with Crippen molar-refractivity contribution in [1.29, 1.82) is 0 Å². The summed E-state index contributed by atoms with van der Waals surface area (Å²) in [6.45, 7) is 7.43. The number of amides is 2. The predicted octanol–water partition coefficient (Wildman–Crippen LogP) is 3.34. The number of anilines is 3. The highest BCUT2D eigenvalue weighted by molar-refractivity contribution is 7.92. The molecule has 0 bridgehead atoms. The molecule has 2 aromatic rings. The molecule has 0 aliphatic carbocycles. The third-order valence-corrected chi connectivity index (χ3v) is 7.05. The fourth-order valence-corrected chi connectivity index (χ4v) is 4.97. The quantitative estimate of drug-likeness (QED) is 0.718. The maximum atomic E-state index is 13.0. The van der Waals surface area contributed by atoms with Gasteiger partial charge in [0.05, 0.1) is 10.3 Å². The van der Waals surface area contributed by atoms with E-state index in [2.05, 4.69) is 15.4 Å². The van der Waals surface area contributed by atoms with E-state index < -0.39 is 20.9 Å². The van der Waals surface area contributed by atoms with Gasteiger partial charge in [-0.05, 0) is 61.4 Å². The SMILES string of the molecule is CC1(C)CC(=O)Nc2ccc(S(=O)(=O)Nc3ccc4c(c3)C(C)(C)C(=O)N4)cc21. The molecule has 0 aromatic heterocycles. The fourth-order valence-electron chi connectivity index (χ4n) is 3.90. The number of nitrogens with one attached hydrogen (secondary N) is 3. The molecule has 0 fully saturated rings. The first-order valence-electron chi connectivity index (χ1n) is 9.33. The Kier molecular flexibility index (Phi) is 4.06. The van der Waals surface area contributed by atoms with Crippen molar-refractivity contribution in [2.75, 3.05) is 15.4 Å². The maximum Gasteiger partial charge on any atom is 0.261 e. The van der Waals surface area contributed by atoms with Crippen molar-refractivity contribution in [2.24, 2.45) is 0 Å². The summed E-state index contributed by atoms with van der Waals surface area (Å²) in [6, 6.07) is 9.72. The Morgan fingerprint density at radius 1 is 0.897 bits per heavy atom. The zero-order chi connectivity index (χ0) is 21.2. The normalized spacial score (nSPS) is 19.0. The van der Waals surface area contributed by atoms with Gasteiger partial charge in [-0.15, -0.1) is 0 Å². The molecule has 0 spiro atoms. The van der Waals surface area contributed by atoms with Crippen molar-refractivity contribution in [3.63, 3.8) is 0 Å². The summed E-state index contributed by atoms with van der Waals surface area (Å²) in [7, 11) is -3.85. The average molecular weight is 413 g/mol. The van der Waals surface area contributed by atoms with E-state index in [-0.39, 0.29) is 23.1 Å². The summed E-state index contributed by atoms with van der Waals surface area (Å²) >= 11 is 0. The summed E-state index contributed by atoms with van der Waals surface area (Å²) < 4.78 is 28.6. The van der Waals surface area contributed by atoms with Crippen LogP contribution in [-0.2, 0) is 30.4 Å². The molecular weight excluding hydrogens is 390 g/mol. The van der Waals surface area contributed by atoms with E-state index in [0.29, 0.717) is 17.1 Å². The van der Waals surface area contributed by atoms with Gasteiger partial charge < -0.3 is 10.6 Å². The number of benzene rings is 2. The van der Waals surface area contributed by atoms with Crippen LogP contribution in [0.2, 0.25) is 0 Å². The third kappa shape index (κ3) is 3.17. The summed E-state index contributed by atoms with van der Waals surface area (Å²) in [5, 5.41) is 5.60. The Labute approximate surface area is 169 Å². The van der Waals surface area contributed by atoms with Crippen LogP contribution in [0, 0.1) is 0 Å². The van der Waals surface area contributed by atoms with E-state index >= 15 is 0 Å². The van der Waals surface area contributed by atoms with E-state index in [9.17, 15) is 18.0 Å². The molecule has 0 radical (unpaired) electrons. The van der Waals surface area contributed by atoms with Crippen molar-refractivity contribution >= 4 is 38.9 Å². The molecule has 2 aliphatic rings. The molecule has 0 atom stereocenters. The zero-order valence-electron chi connectivity index (χ0n) is 16.7. The lowest BCUT2D eigenvalue weighted by Crippen LogP contribution is -2.32. The van der Waals surface area contributed by atoms with Crippen molar-refractivity contribution in [2.45, 2.75) is 49.8 Å². The van der Waals surface area contributed by atoms with Crippen molar-refractivity contribution < 1.29 is 18.0 Å². The largest absolute Gasteiger partial charge is 0.326 e. The highest BCUT2D eigenvalue weighted by Crippen LogP contribution is 2.40.